The van der Waals surface area contributed by atoms with E-state index in [1.807, 2.05) is 0 Å². The standard InChI is InChI=1S/C20H21Br/c1-3-4-5-15-6-8-16(9-7-15)19-12-14(2)18-11-10-17(21)13-20(18)19/h6-14H,3-5H2,1-2H3. The highest BCUT2D eigenvalue weighted by Gasteiger charge is 2.21. The lowest BCUT2D eigenvalue weighted by Gasteiger charge is -2.09. The Bertz CT molecular complexity index is 665. The van der Waals surface area contributed by atoms with E-state index < -0.39 is 0 Å². The van der Waals surface area contributed by atoms with Crippen molar-refractivity contribution in [3.63, 3.8) is 0 Å². The summed E-state index contributed by atoms with van der Waals surface area (Å²) < 4.78 is 1.15. The molecule has 0 saturated carbocycles. The van der Waals surface area contributed by atoms with Crippen molar-refractivity contribution in [1.82, 2.24) is 0 Å². The lowest BCUT2D eigenvalue weighted by atomic mass is 9.97. The van der Waals surface area contributed by atoms with Crippen LogP contribution in [0, 0.1) is 0 Å². The maximum Gasteiger partial charge on any atom is 0.0181 e. The van der Waals surface area contributed by atoms with Gasteiger partial charge < -0.3 is 0 Å². The second-order valence-electron chi connectivity index (χ2n) is 5.90. The molecule has 1 aliphatic rings. The zero-order valence-electron chi connectivity index (χ0n) is 12.7. The van der Waals surface area contributed by atoms with Gasteiger partial charge in [-0.25, -0.2) is 0 Å². The number of aryl methyl sites for hydroxylation is 1. The smallest absolute Gasteiger partial charge is 0.0181 e. The number of rotatable bonds is 4. The molecule has 0 bridgehead atoms. The zero-order valence-corrected chi connectivity index (χ0v) is 14.3. The molecule has 0 aromatic heterocycles. The highest BCUT2D eigenvalue weighted by atomic mass is 79.9. The average molecular weight is 341 g/mol. The van der Waals surface area contributed by atoms with Crippen LogP contribution in [-0.4, -0.2) is 0 Å². The van der Waals surface area contributed by atoms with Crippen molar-refractivity contribution < 1.29 is 0 Å². The van der Waals surface area contributed by atoms with Crippen molar-refractivity contribution in [2.24, 2.45) is 0 Å². The summed E-state index contributed by atoms with van der Waals surface area (Å²) in [5, 5.41) is 0. The number of fused-ring (bicyclic) bond motifs is 1. The SMILES string of the molecule is CCCCc1ccc(C2=CC(C)c3ccc(Br)cc32)cc1. The maximum absolute atomic E-state index is 3.60. The van der Waals surface area contributed by atoms with Crippen LogP contribution in [0.2, 0.25) is 0 Å². The van der Waals surface area contributed by atoms with Gasteiger partial charge in [0.2, 0.25) is 0 Å². The molecule has 1 aliphatic carbocycles. The van der Waals surface area contributed by atoms with Gasteiger partial charge in [0.15, 0.2) is 0 Å². The Hall–Kier alpha value is -1.34. The van der Waals surface area contributed by atoms with Gasteiger partial charge >= 0.3 is 0 Å². The molecule has 1 heteroatoms. The second kappa shape index (κ2) is 6.19. The molecular weight excluding hydrogens is 320 g/mol. The largest absolute Gasteiger partial charge is 0.0688 e. The third-order valence-electron chi connectivity index (χ3n) is 4.30. The summed E-state index contributed by atoms with van der Waals surface area (Å²) in [6, 6.07) is 15.7. The number of allylic oxidation sites excluding steroid dienone is 1. The summed E-state index contributed by atoms with van der Waals surface area (Å²) >= 11 is 3.60. The van der Waals surface area contributed by atoms with Gasteiger partial charge in [0, 0.05) is 10.4 Å². The molecule has 0 N–H and O–H groups in total. The number of hydrogen-bond donors (Lipinski definition) is 0. The average Bonchev–Trinajstić information content (AvgIpc) is 2.82. The maximum atomic E-state index is 3.60. The number of benzene rings is 2. The van der Waals surface area contributed by atoms with E-state index in [-0.39, 0.29) is 0 Å². The van der Waals surface area contributed by atoms with Crippen LogP contribution in [0.3, 0.4) is 0 Å². The van der Waals surface area contributed by atoms with Crippen molar-refractivity contribution in [2.45, 2.75) is 39.0 Å². The highest BCUT2D eigenvalue weighted by molar-refractivity contribution is 9.10. The molecule has 2 aromatic carbocycles. The molecule has 0 radical (unpaired) electrons. The minimum absolute atomic E-state index is 0.503. The van der Waals surface area contributed by atoms with E-state index in [1.165, 1.54) is 47.1 Å². The van der Waals surface area contributed by atoms with Crippen LogP contribution in [0.5, 0.6) is 0 Å². The fourth-order valence-corrected chi connectivity index (χ4v) is 3.43. The Labute approximate surface area is 136 Å². The first kappa shape index (κ1) is 14.6. The van der Waals surface area contributed by atoms with Crippen molar-refractivity contribution in [1.29, 1.82) is 0 Å². The Kier molecular flexibility index (Phi) is 4.30. The predicted molar refractivity (Wildman–Crippen MR) is 94.7 cm³/mol. The van der Waals surface area contributed by atoms with Gasteiger partial charge in [-0.2, -0.15) is 0 Å². The van der Waals surface area contributed by atoms with Gasteiger partial charge in [0.05, 0.1) is 0 Å². The molecule has 0 spiro atoms. The molecule has 2 aromatic rings. The van der Waals surface area contributed by atoms with Gasteiger partial charge in [-0.1, -0.05) is 72.6 Å². The van der Waals surface area contributed by atoms with Crippen LogP contribution in [0.4, 0.5) is 0 Å². The minimum atomic E-state index is 0.503. The normalized spacial score (nSPS) is 16.7. The van der Waals surface area contributed by atoms with E-state index in [2.05, 4.69) is 78.3 Å². The first-order valence-corrected chi connectivity index (χ1v) is 8.59. The van der Waals surface area contributed by atoms with Crippen LogP contribution >= 0.6 is 15.9 Å². The van der Waals surface area contributed by atoms with Gasteiger partial charge in [-0.05, 0) is 52.8 Å². The Morgan fingerprint density at radius 1 is 1.05 bits per heavy atom. The Morgan fingerprint density at radius 2 is 1.81 bits per heavy atom. The van der Waals surface area contributed by atoms with Crippen LogP contribution in [0.1, 0.15) is 54.9 Å². The highest BCUT2D eigenvalue weighted by Crippen LogP contribution is 2.40. The van der Waals surface area contributed by atoms with Gasteiger partial charge in [0.25, 0.3) is 0 Å². The van der Waals surface area contributed by atoms with Crippen LogP contribution in [-0.2, 0) is 6.42 Å². The summed E-state index contributed by atoms with van der Waals surface area (Å²) in [6.07, 6.45) is 6.10. The lowest BCUT2D eigenvalue weighted by molar-refractivity contribution is 0.795. The molecule has 0 heterocycles. The zero-order chi connectivity index (χ0) is 14.8. The van der Waals surface area contributed by atoms with Crippen molar-refractivity contribution in [2.75, 3.05) is 0 Å². The summed E-state index contributed by atoms with van der Waals surface area (Å²) in [7, 11) is 0. The first-order chi connectivity index (χ1) is 10.2. The minimum Gasteiger partial charge on any atom is -0.0688 e. The molecule has 0 fully saturated rings. The Morgan fingerprint density at radius 3 is 2.52 bits per heavy atom. The van der Waals surface area contributed by atoms with E-state index in [4.69, 9.17) is 0 Å². The summed E-state index contributed by atoms with van der Waals surface area (Å²) in [5.41, 5.74) is 6.96. The fraction of sp³-hybridized carbons (Fsp3) is 0.300. The van der Waals surface area contributed by atoms with Crippen molar-refractivity contribution in [3.05, 3.63) is 75.3 Å². The van der Waals surface area contributed by atoms with Gasteiger partial charge in [-0.15, -0.1) is 0 Å². The third-order valence-corrected chi connectivity index (χ3v) is 4.79. The first-order valence-electron chi connectivity index (χ1n) is 7.80. The fourth-order valence-electron chi connectivity index (χ4n) is 3.07. The summed E-state index contributed by atoms with van der Waals surface area (Å²) in [4.78, 5) is 0. The molecule has 21 heavy (non-hydrogen) atoms. The predicted octanol–water partition coefficient (Wildman–Crippen LogP) is 6.34. The lowest BCUT2D eigenvalue weighted by Crippen LogP contribution is -1.90. The second-order valence-corrected chi connectivity index (χ2v) is 6.82. The van der Waals surface area contributed by atoms with Crippen molar-refractivity contribution in [3.8, 4) is 0 Å². The molecule has 0 amide bonds. The topological polar surface area (TPSA) is 0 Å². The number of unbranched alkanes of at least 4 members (excludes halogenated alkanes) is 1. The van der Waals surface area contributed by atoms with E-state index >= 15 is 0 Å². The van der Waals surface area contributed by atoms with E-state index in [0.717, 1.165) is 4.47 Å². The number of hydrogen-bond acceptors (Lipinski definition) is 0. The monoisotopic (exact) mass is 340 g/mol. The Balaban J connectivity index is 1.92. The molecule has 0 saturated heterocycles. The van der Waals surface area contributed by atoms with E-state index in [9.17, 15) is 0 Å². The van der Waals surface area contributed by atoms with Crippen LogP contribution in [0.25, 0.3) is 5.57 Å². The molecule has 1 unspecified atom stereocenters. The van der Waals surface area contributed by atoms with Crippen molar-refractivity contribution >= 4 is 21.5 Å². The van der Waals surface area contributed by atoms with E-state index in [0.29, 0.717) is 5.92 Å². The summed E-state index contributed by atoms with van der Waals surface area (Å²) in [6.45, 7) is 4.52. The van der Waals surface area contributed by atoms with Crippen LogP contribution < -0.4 is 0 Å². The summed E-state index contributed by atoms with van der Waals surface area (Å²) in [5.74, 6) is 0.503. The molecule has 0 aliphatic heterocycles. The molecule has 3 rings (SSSR count). The quantitative estimate of drug-likeness (QED) is 0.609. The number of halogens is 1. The molecular formula is C20H21Br. The van der Waals surface area contributed by atoms with E-state index in [1.54, 1.807) is 0 Å². The molecule has 108 valence electrons. The molecule has 1 atom stereocenters. The molecule has 0 nitrogen and oxygen atoms in total. The van der Waals surface area contributed by atoms with Gasteiger partial charge in [-0.3, -0.25) is 0 Å². The van der Waals surface area contributed by atoms with Gasteiger partial charge in [0.1, 0.15) is 0 Å². The third kappa shape index (κ3) is 2.98. The van der Waals surface area contributed by atoms with Crippen LogP contribution in [0.15, 0.2) is 53.0 Å².